The van der Waals surface area contributed by atoms with Gasteiger partial charge in [-0.1, -0.05) is 53.7 Å². The monoisotopic (exact) mass is 437 g/mol. The number of nitrogens with zero attached hydrogens (tertiary/aromatic N) is 1. The van der Waals surface area contributed by atoms with Crippen molar-refractivity contribution < 1.29 is 14.0 Å². The topological polar surface area (TPSA) is 91.9 Å². The van der Waals surface area contributed by atoms with Crippen molar-refractivity contribution in [1.82, 2.24) is 9.97 Å². The van der Waals surface area contributed by atoms with Gasteiger partial charge in [0.2, 0.25) is 5.91 Å². The SMILES string of the molecule is Cc1cccc(CSc2nc3c(c(=O)[nH]2)[C@H](C(=O)Cc2cccc(F)c2)CC(=O)N3)c1. The Morgan fingerprint density at radius 2 is 1.94 bits per heavy atom. The fraction of sp³-hybridized carbons (Fsp3) is 0.217. The van der Waals surface area contributed by atoms with Crippen LogP contribution < -0.4 is 10.9 Å². The number of ketones is 1. The van der Waals surface area contributed by atoms with Gasteiger partial charge >= 0.3 is 0 Å². The molecule has 1 aliphatic heterocycles. The second-order valence-corrected chi connectivity index (χ2v) is 8.45. The smallest absolute Gasteiger partial charge is 0.257 e. The second-order valence-electron chi connectivity index (χ2n) is 7.49. The number of benzene rings is 2. The normalized spacial score (nSPS) is 15.3. The Bertz CT molecular complexity index is 1220. The minimum atomic E-state index is -0.918. The number of aromatic nitrogens is 2. The van der Waals surface area contributed by atoms with Crippen molar-refractivity contribution in [3.05, 3.63) is 87.0 Å². The Balaban J connectivity index is 1.58. The lowest BCUT2D eigenvalue weighted by atomic mass is 9.87. The molecule has 8 heteroatoms. The number of anilines is 1. The first-order chi connectivity index (χ1) is 14.9. The molecular formula is C23H20FN3O3S. The van der Waals surface area contributed by atoms with Crippen LogP contribution in [-0.2, 0) is 21.8 Å². The summed E-state index contributed by atoms with van der Waals surface area (Å²) < 4.78 is 13.4. The fourth-order valence-corrected chi connectivity index (χ4v) is 4.42. The van der Waals surface area contributed by atoms with Gasteiger partial charge in [-0.3, -0.25) is 14.4 Å². The molecule has 4 rings (SSSR count). The number of nitrogens with one attached hydrogen (secondary N) is 2. The molecule has 0 fully saturated rings. The van der Waals surface area contributed by atoms with E-state index in [0.717, 1.165) is 11.1 Å². The van der Waals surface area contributed by atoms with Crippen molar-refractivity contribution in [3.8, 4) is 0 Å². The minimum Gasteiger partial charge on any atom is -0.310 e. The van der Waals surface area contributed by atoms with Gasteiger partial charge in [0.1, 0.15) is 17.4 Å². The summed E-state index contributed by atoms with van der Waals surface area (Å²) in [5.74, 6) is -1.35. The highest BCUT2D eigenvalue weighted by atomic mass is 32.2. The number of hydrogen-bond donors (Lipinski definition) is 2. The number of hydrogen-bond acceptors (Lipinski definition) is 5. The van der Waals surface area contributed by atoms with E-state index in [1.165, 1.54) is 30.0 Å². The molecule has 0 aliphatic carbocycles. The fourth-order valence-electron chi connectivity index (χ4n) is 3.62. The Morgan fingerprint density at radius 1 is 1.16 bits per heavy atom. The van der Waals surface area contributed by atoms with E-state index in [-0.39, 0.29) is 35.9 Å². The van der Waals surface area contributed by atoms with E-state index in [1.54, 1.807) is 6.07 Å². The van der Waals surface area contributed by atoms with Gasteiger partial charge in [-0.2, -0.15) is 0 Å². The van der Waals surface area contributed by atoms with Crippen LogP contribution in [0.5, 0.6) is 0 Å². The molecule has 0 radical (unpaired) electrons. The molecule has 31 heavy (non-hydrogen) atoms. The zero-order valence-electron chi connectivity index (χ0n) is 16.8. The number of aromatic amines is 1. The number of Topliss-reactive ketones (excluding diaryl/α,β-unsaturated/α-hetero) is 1. The molecule has 0 bridgehead atoms. The first-order valence-corrected chi connectivity index (χ1v) is 10.8. The highest BCUT2D eigenvalue weighted by molar-refractivity contribution is 7.98. The third kappa shape index (κ3) is 4.91. The van der Waals surface area contributed by atoms with Gasteiger partial charge in [-0.25, -0.2) is 9.37 Å². The average molecular weight is 437 g/mol. The van der Waals surface area contributed by atoms with E-state index in [1.807, 2.05) is 31.2 Å². The molecule has 1 aromatic heterocycles. The molecule has 3 aromatic rings. The molecule has 6 nitrogen and oxygen atoms in total. The zero-order chi connectivity index (χ0) is 22.0. The van der Waals surface area contributed by atoms with Crippen LogP contribution in [0.3, 0.4) is 0 Å². The van der Waals surface area contributed by atoms with E-state index in [0.29, 0.717) is 16.5 Å². The predicted octanol–water partition coefficient (Wildman–Crippen LogP) is 3.75. The third-order valence-corrected chi connectivity index (χ3v) is 5.99. The molecule has 2 heterocycles. The quantitative estimate of drug-likeness (QED) is 0.453. The Hall–Kier alpha value is -3.26. The predicted molar refractivity (Wildman–Crippen MR) is 117 cm³/mol. The number of rotatable bonds is 6. The minimum absolute atomic E-state index is 0.0710. The van der Waals surface area contributed by atoms with Crippen molar-refractivity contribution in [1.29, 1.82) is 0 Å². The van der Waals surface area contributed by atoms with E-state index in [2.05, 4.69) is 15.3 Å². The third-order valence-electron chi connectivity index (χ3n) is 5.04. The molecule has 1 aliphatic rings. The molecule has 0 spiro atoms. The van der Waals surface area contributed by atoms with Gasteiger partial charge in [-0.15, -0.1) is 0 Å². The maximum absolute atomic E-state index is 13.4. The van der Waals surface area contributed by atoms with Gasteiger partial charge < -0.3 is 10.3 Å². The summed E-state index contributed by atoms with van der Waals surface area (Å²) in [4.78, 5) is 45.0. The van der Waals surface area contributed by atoms with Crippen molar-refractivity contribution in [2.24, 2.45) is 0 Å². The molecule has 1 atom stereocenters. The van der Waals surface area contributed by atoms with Crippen molar-refractivity contribution in [3.63, 3.8) is 0 Å². The van der Waals surface area contributed by atoms with Crippen LogP contribution in [-0.4, -0.2) is 21.7 Å². The largest absolute Gasteiger partial charge is 0.310 e. The van der Waals surface area contributed by atoms with Gasteiger partial charge in [0, 0.05) is 18.6 Å². The number of thioether (sulfide) groups is 1. The van der Waals surface area contributed by atoms with Crippen LogP contribution in [0.2, 0.25) is 0 Å². The van der Waals surface area contributed by atoms with E-state index in [4.69, 9.17) is 0 Å². The Morgan fingerprint density at radius 3 is 2.71 bits per heavy atom. The van der Waals surface area contributed by atoms with Crippen LogP contribution in [0.4, 0.5) is 10.2 Å². The summed E-state index contributed by atoms with van der Waals surface area (Å²) in [5, 5.41) is 2.98. The molecule has 158 valence electrons. The lowest BCUT2D eigenvalue weighted by molar-refractivity contribution is -0.124. The van der Waals surface area contributed by atoms with Crippen molar-refractivity contribution >= 4 is 29.3 Å². The van der Waals surface area contributed by atoms with E-state index in [9.17, 15) is 18.8 Å². The van der Waals surface area contributed by atoms with Crippen LogP contribution >= 0.6 is 11.8 Å². The number of amides is 1. The van der Waals surface area contributed by atoms with E-state index >= 15 is 0 Å². The van der Waals surface area contributed by atoms with Gasteiger partial charge in [0.25, 0.3) is 5.56 Å². The van der Waals surface area contributed by atoms with Crippen LogP contribution in [0.25, 0.3) is 0 Å². The molecule has 0 unspecified atom stereocenters. The van der Waals surface area contributed by atoms with Crippen LogP contribution in [0, 0.1) is 12.7 Å². The Kier molecular flexibility index (Phi) is 5.99. The first-order valence-electron chi connectivity index (χ1n) is 9.78. The number of halogens is 1. The van der Waals surface area contributed by atoms with Gasteiger partial charge in [-0.05, 0) is 30.2 Å². The highest BCUT2D eigenvalue weighted by Gasteiger charge is 2.34. The zero-order valence-corrected chi connectivity index (χ0v) is 17.6. The number of carbonyl (C=O) groups is 2. The molecule has 2 aromatic carbocycles. The summed E-state index contributed by atoms with van der Waals surface area (Å²) in [6.45, 7) is 2.00. The van der Waals surface area contributed by atoms with Crippen LogP contribution in [0.1, 0.15) is 34.6 Å². The average Bonchev–Trinajstić information content (AvgIpc) is 2.71. The van der Waals surface area contributed by atoms with Gasteiger partial charge in [0.05, 0.1) is 11.5 Å². The first kappa shape index (κ1) is 21.0. The standard InChI is InChI=1S/C23H20FN3O3S/c1-13-4-2-6-15(8-13)12-31-23-26-21-20(22(30)27-23)17(11-19(29)25-21)18(28)10-14-5-3-7-16(24)9-14/h2-9,17H,10-12H2,1H3,(H2,25,26,27,29,30)/t17-/m0/s1. The molecular weight excluding hydrogens is 417 g/mol. The maximum atomic E-state index is 13.4. The van der Waals surface area contributed by atoms with E-state index < -0.39 is 17.3 Å². The molecule has 0 saturated carbocycles. The lowest BCUT2D eigenvalue weighted by Gasteiger charge is -2.23. The van der Waals surface area contributed by atoms with Crippen molar-refractivity contribution in [2.45, 2.75) is 36.6 Å². The van der Waals surface area contributed by atoms with Crippen molar-refractivity contribution in [2.75, 3.05) is 5.32 Å². The summed E-state index contributed by atoms with van der Waals surface area (Å²) in [6.07, 6.45) is -0.208. The van der Waals surface area contributed by atoms with Crippen LogP contribution in [0.15, 0.2) is 58.5 Å². The lowest BCUT2D eigenvalue weighted by Crippen LogP contribution is -2.34. The second kappa shape index (κ2) is 8.85. The highest BCUT2D eigenvalue weighted by Crippen LogP contribution is 2.31. The summed E-state index contributed by atoms with van der Waals surface area (Å²) in [5.41, 5.74) is 2.41. The summed E-state index contributed by atoms with van der Waals surface area (Å²) in [7, 11) is 0. The maximum Gasteiger partial charge on any atom is 0.257 e. The summed E-state index contributed by atoms with van der Waals surface area (Å²) >= 11 is 1.34. The summed E-state index contributed by atoms with van der Waals surface area (Å²) in [6, 6.07) is 13.7. The molecule has 1 amide bonds. The number of fused-ring (bicyclic) bond motifs is 1. The van der Waals surface area contributed by atoms with Gasteiger partial charge in [0.15, 0.2) is 5.16 Å². The Labute approximate surface area is 182 Å². The number of carbonyl (C=O) groups excluding carboxylic acids is 2. The number of aryl methyl sites for hydroxylation is 1. The number of H-pyrrole nitrogens is 1. The molecule has 0 saturated heterocycles. The molecule has 2 N–H and O–H groups in total.